The van der Waals surface area contributed by atoms with Crippen LogP contribution in [0.2, 0.25) is 0 Å². The highest BCUT2D eigenvalue weighted by molar-refractivity contribution is 6.04. The molecular weight excluding hydrogens is 340 g/mol. The first kappa shape index (κ1) is 16.9. The molecule has 1 N–H and O–H groups in total. The molecule has 0 spiro atoms. The maximum Gasteiger partial charge on any atom is 0.417 e. The summed E-state index contributed by atoms with van der Waals surface area (Å²) in [6, 6.07) is 4.52. The van der Waals surface area contributed by atoms with E-state index < -0.39 is 23.5 Å². The number of nitrogens with one attached hydrogen (secondary N) is 1. The van der Waals surface area contributed by atoms with Crippen LogP contribution in [0.15, 0.2) is 36.7 Å². The number of anilines is 1. The van der Waals surface area contributed by atoms with Crippen molar-refractivity contribution in [1.29, 1.82) is 0 Å². The summed E-state index contributed by atoms with van der Waals surface area (Å²) in [7, 11) is 0. The predicted molar refractivity (Wildman–Crippen MR) is 81.7 cm³/mol. The minimum Gasteiger partial charge on any atom is -0.305 e. The Balaban J connectivity index is 1.93. The molecule has 3 aromatic rings. The van der Waals surface area contributed by atoms with E-state index in [1.165, 1.54) is 16.5 Å². The van der Waals surface area contributed by atoms with Crippen molar-refractivity contribution >= 4 is 17.4 Å². The monoisotopic (exact) mass is 352 g/mol. The highest BCUT2D eigenvalue weighted by Crippen LogP contribution is 2.29. The summed E-state index contributed by atoms with van der Waals surface area (Å²) in [5.41, 5.74) is 0.0223. The van der Waals surface area contributed by atoms with E-state index >= 15 is 0 Å². The van der Waals surface area contributed by atoms with Gasteiger partial charge in [-0.05, 0) is 30.7 Å². The lowest BCUT2D eigenvalue weighted by atomic mass is 10.2. The Morgan fingerprint density at radius 2 is 2.00 bits per heavy atom. The summed E-state index contributed by atoms with van der Waals surface area (Å²) < 4.78 is 52.4. The Kier molecular flexibility index (Phi) is 4.15. The van der Waals surface area contributed by atoms with E-state index in [9.17, 15) is 22.4 Å². The second-order valence-corrected chi connectivity index (χ2v) is 5.22. The highest BCUT2D eigenvalue weighted by Gasteiger charge is 2.30. The summed E-state index contributed by atoms with van der Waals surface area (Å²) in [4.78, 5) is 20.3. The molecular formula is C16H12F4N4O. The molecule has 0 atom stereocenters. The molecule has 130 valence electrons. The third kappa shape index (κ3) is 3.30. The zero-order valence-corrected chi connectivity index (χ0v) is 12.9. The predicted octanol–water partition coefficient (Wildman–Crippen LogP) is 3.70. The molecule has 9 heteroatoms. The van der Waals surface area contributed by atoms with Crippen LogP contribution in [0.3, 0.4) is 0 Å². The first-order chi connectivity index (χ1) is 11.8. The topological polar surface area (TPSA) is 59.3 Å². The van der Waals surface area contributed by atoms with Crippen LogP contribution in [-0.2, 0) is 12.6 Å². The Morgan fingerprint density at radius 3 is 2.60 bits per heavy atom. The van der Waals surface area contributed by atoms with Crippen molar-refractivity contribution in [3.63, 3.8) is 0 Å². The maximum atomic E-state index is 13.5. The van der Waals surface area contributed by atoms with Crippen molar-refractivity contribution in [1.82, 2.24) is 14.4 Å². The molecule has 3 rings (SSSR count). The van der Waals surface area contributed by atoms with Crippen LogP contribution in [0.1, 0.15) is 28.7 Å². The molecule has 0 aromatic carbocycles. The molecule has 3 aromatic heterocycles. The normalized spacial score (nSPS) is 11.7. The van der Waals surface area contributed by atoms with Gasteiger partial charge in [0.05, 0.1) is 11.3 Å². The molecule has 0 aliphatic carbocycles. The van der Waals surface area contributed by atoms with Gasteiger partial charge >= 0.3 is 6.18 Å². The van der Waals surface area contributed by atoms with Gasteiger partial charge < -0.3 is 5.32 Å². The smallest absolute Gasteiger partial charge is 0.305 e. The van der Waals surface area contributed by atoms with Crippen LogP contribution >= 0.6 is 0 Å². The Labute approximate surface area is 139 Å². The van der Waals surface area contributed by atoms with Gasteiger partial charge in [-0.2, -0.15) is 13.2 Å². The number of rotatable bonds is 3. The van der Waals surface area contributed by atoms with Crippen LogP contribution in [0, 0.1) is 5.82 Å². The summed E-state index contributed by atoms with van der Waals surface area (Å²) >= 11 is 0. The highest BCUT2D eigenvalue weighted by atomic mass is 19.4. The van der Waals surface area contributed by atoms with Crippen LogP contribution in [0.25, 0.3) is 5.65 Å². The van der Waals surface area contributed by atoms with E-state index in [4.69, 9.17) is 0 Å². The Bertz CT molecular complexity index is 932. The molecule has 1 amide bonds. The largest absolute Gasteiger partial charge is 0.417 e. The molecule has 0 bridgehead atoms. The fourth-order valence-electron chi connectivity index (χ4n) is 2.37. The molecule has 0 aliphatic heterocycles. The molecule has 5 nitrogen and oxygen atoms in total. The number of hydrogen-bond donors (Lipinski definition) is 1. The fourth-order valence-corrected chi connectivity index (χ4v) is 2.37. The van der Waals surface area contributed by atoms with E-state index in [1.807, 2.05) is 0 Å². The minimum atomic E-state index is -4.51. The lowest BCUT2D eigenvalue weighted by Crippen LogP contribution is -2.17. The Morgan fingerprint density at radius 1 is 1.24 bits per heavy atom. The third-order valence-corrected chi connectivity index (χ3v) is 3.54. The number of nitrogens with zero attached hydrogens (tertiary/aromatic N) is 3. The van der Waals surface area contributed by atoms with Gasteiger partial charge in [-0.15, -0.1) is 0 Å². The number of halogens is 4. The van der Waals surface area contributed by atoms with Gasteiger partial charge in [-0.1, -0.05) is 6.92 Å². The van der Waals surface area contributed by atoms with Crippen molar-refractivity contribution < 1.29 is 22.4 Å². The number of imidazole rings is 1. The lowest BCUT2D eigenvalue weighted by Gasteiger charge is -2.08. The van der Waals surface area contributed by atoms with E-state index in [1.54, 1.807) is 6.92 Å². The number of amides is 1. The van der Waals surface area contributed by atoms with Gasteiger partial charge in [0.1, 0.15) is 23.0 Å². The van der Waals surface area contributed by atoms with Gasteiger partial charge in [0, 0.05) is 12.4 Å². The SMILES string of the molecule is CCc1nc2ccc(F)cn2c1C(=O)Nc1ccc(C(F)(F)F)cn1. The maximum absolute atomic E-state index is 13.5. The standard InChI is InChI=1S/C16H12F4N4O/c1-2-11-14(24-8-10(17)4-6-13(24)22-11)15(25)23-12-5-3-9(7-21-12)16(18,19)20/h3-8H,2H2,1H3,(H,21,23,25). The molecule has 0 unspecified atom stereocenters. The molecule has 0 saturated carbocycles. The second-order valence-electron chi connectivity index (χ2n) is 5.22. The summed E-state index contributed by atoms with van der Waals surface area (Å²) in [5.74, 6) is -1.23. The molecule has 0 fully saturated rings. The number of aromatic nitrogens is 3. The molecule has 25 heavy (non-hydrogen) atoms. The van der Waals surface area contributed by atoms with Gasteiger partial charge in [0.25, 0.3) is 5.91 Å². The number of carbonyl (C=O) groups excluding carboxylic acids is 1. The number of aryl methyl sites for hydroxylation is 1. The van der Waals surface area contributed by atoms with E-state index in [0.29, 0.717) is 24.0 Å². The zero-order valence-electron chi connectivity index (χ0n) is 12.9. The lowest BCUT2D eigenvalue weighted by molar-refractivity contribution is -0.137. The van der Waals surface area contributed by atoms with Crippen LogP contribution < -0.4 is 5.32 Å². The van der Waals surface area contributed by atoms with Crippen LogP contribution in [0.4, 0.5) is 23.4 Å². The average Bonchev–Trinajstić information content (AvgIpc) is 2.92. The summed E-state index contributed by atoms with van der Waals surface area (Å²) in [6.07, 6.45) is -2.34. The van der Waals surface area contributed by atoms with Crippen molar-refractivity contribution in [2.24, 2.45) is 0 Å². The fraction of sp³-hybridized carbons (Fsp3) is 0.188. The Hall–Kier alpha value is -2.97. The average molecular weight is 352 g/mol. The number of alkyl halides is 3. The second kappa shape index (κ2) is 6.15. The van der Waals surface area contributed by atoms with Crippen molar-refractivity contribution in [3.8, 4) is 0 Å². The molecule has 3 heterocycles. The van der Waals surface area contributed by atoms with E-state index in [-0.39, 0.29) is 11.5 Å². The van der Waals surface area contributed by atoms with E-state index in [0.717, 1.165) is 18.3 Å². The number of fused-ring (bicyclic) bond motifs is 1. The van der Waals surface area contributed by atoms with Gasteiger partial charge in [0.15, 0.2) is 0 Å². The number of hydrogen-bond acceptors (Lipinski definition) is 3. The van der Waals surface area contributed by atoms with Crippen molar-refractivity contribution in [2.75, 3.05) is 5.32 Å². The van der Waals surface area contributed by atoms with E-state index in [2.05, 4.69) is 15.3 Å². The number of carbonyl (C=O) groups is 1. The summed E-state index contributed by atoms with van der Waals surface area (Å²) in [6.45, 7) is 1.78. The van der Waals surface area contributed by atoms with Crippen LogP contribution in [-0.4, -0.2) is 20.3 Å². The third-order valence-electron chi connectivity index (χ3n) is 3.54. The van der Waals surface area contributed by atoms with Crippen LogP contribution in [0.5, 0.6) is 0 Å². The molecule has 0 aliphatic rings. The first-order valence-electron chi connectivity index (χ1n) is 7.30. The van der Waals surface area contributed by atoms with Gasteiger partial charge in [-0.25, -0.2) is 14.4 Å². The summed E-state index contributed by atoms with van der Waals surface area (Å²) in [5, 5.41) is 2.41. The molecule has 0 saturated heterocycles. The molecule has 0 radical (unpaired) electrons. The number of pyridine rings is 2. The van der Waals surface area contributed by atoms with Gasteiger partial charge in [-0.3, -0.25) is 9.20 Å². The minimum absolute atomic E-state index is 0.0496. The first-order valence-corrected chi connectivity index (χ1v) is 7.30. The van der Waals surface area contributed by atoms with Gasteiger partial charge in [0.2, 0.25) is 0 Å². The van der Waals surface area contributed by atoms with Crippen molar-refractivity contribution in [2.45, 2.75) is 19.5 Å². The van der Waals surface area contributed by atoms with Crippen molar-refractivity contribution in [3.05, 3.63) is 59.4 Å². The zero-order chi connectivity index (χ0) is 18.2. The quantitative estimate of drug-likeness (QED) is 0.731.